The van der Waals surface area contributed by atoms with Crippen LogP contribution in [-0.4, -0.2) is 24.6 Å². The molecule has 0 aliphatic heterocycles. The van der Waals surface area contributed by atoms with E-state index in [9.17, 15) is 0 Å². The van der Waals surface area contributed by atoms with Gasteiger partial charge in [-0.3, -0.25) is 0 Å². The highest BCUT2D eigenvalue weighted by Gasteiger charge is 1.99. The smallest absolute Gasteiger partial charge is 0.0170 e. The van der Waals surface area contributed by atoms with Crippen LogP contribution >= 0.6 is 11.8 Å². The Morgan fingerprint density at radius 3 is 2.69 bits per heavy atom. The van der Waals surface area contributed by atoms with Crippen LogP contribution in [0.2, 0.25) is 0 Å². The molecule has 0 fully saturated rings. The number of rotatable bonds is 8. The molecule has 0 radical (unpaired) electrons. The summed E-state index contributed by atoms with van der Waals surface area (Å²) in [5.41, 5.74) is 1.31. The van der Waals surface area contributed by atoms with E-state index in [1.54, 1.807) is 0 Å². The lowest BCUT2D eigenvalue weighted by atomic mass is 10.2. The zero-order valence-corrected chi connectivity index (χ0v) is 10.0. The molecule has 0 aliphatic rings. The lowest BCUT2D eigenvalue weighted by molar-refractivity contribution is 0.637. The third-order valence-corrected chi connectivity index (χ3v) is 3.45. The molecule has 0 saturated heterocycles. The minimum atomic E-state index is 0.844. The molecule has 0 bridgehead atoms. The van der Waals surface area contributed by atoms with Crippen molar-refractivity contribution in [2.75, 3.05) is 24.6 Å². The first kappa shape index (κ1) is 13.1. The van der Waals surface area contributed by atoms with Gasteiger partial charge in [-0.1, -0.05) is 39.3 Å². The lowest BCUT2D eigenvalue weighted by Crippen LogP contribution is -2.16. The zero-order chi connectivity index (χ0) is 10.1. The Kier molecular flexibility index (Phi) is 8.67. The summed E-state index contributed by atoms with van der Waals surface area (Å²) >= 11 is 2.00. The van der Waals surface area contributed by atoms with Crippen LogP contribution in [0.15, 0.2) is 12.2 Å². The van der Waals surface area contributed by atoms with E-state index in [2.05, 4.69) is 32.7 Å². The highest BCUT2D eigenvalue weighted by atomic mass is 32.2. The Morgan fingerprint density at radius 2 is 2.15 bits per heavy atom. The molecule has 1 N–H and O–H groups in total. The summed E-state index contributed by atoms with van der Waals surface area (Å²) in [6.45, 7) is 12.7. The van der Waals surface area contributed by atoms with E-state index < -0.39 is 0 Å². The maximum Gasteiger partial charge on any atom is 0.0170 e. The van der Waals surface area contributed by atoms with Gasteiger partial charge in [0.05, 0.1) is 0 Å². The second-order valence-corrected chi connectivity index (χ2v) is 4.59. The molecule has 2 heteroatoms. The predicted molar refractivity (Wildman–Crippen MR) is 64.5 cm³/mol. The molecule has 1 atom stereocenters. The number of thioether (sulfide) groups is 1. The Hall–Kier alpha value is 0.0500. The van der Waals surface area contributed by atoms with Crippen molar-refractivity contribution >= 4 is 11.8 Å². The van der Waals surface area contributed by atoms with E-state index in [1.165, 1.54) is 17.7 Å². The Labute approximate surface area is 87.4 Å². The summed E-state index contributed by atoms with van der Waals surface area (Å²) in [7, 11) is 0. The predicted octanol–water partition coefficient (Wildman–Crippen LogP) is 2.93. The zero-order valence-electron chi connectivity index (χ0n) is 9.23. The van der Waals surface area contributed by atoms with Crippen LogP contribution in [0.4, 0.5) is 0 Å². The van der Waals surface area contributed by atoms with Gasteiger partial charge >= 0.3 is 0 Å². The quantitative estimate of drug-likeness (QED) is 0.606. The van der Waals surface area contributed by atoms with Crippen LogP contribution in [0.3, 0.4) is 0 Å². The van der Waals surface area contributed by atoms with Crippen molar-refractivity contribution in [2.45, 2.75) is 27.2 Å². The van der Waals surface area contributed by atoms with Crippen molar-refractivity contribution in [1.29, 1.82) is 0 Å². The molecule has 78 valence electrons. The minimum Gasteiger partial charge on any atom is -0.313 e. The molecule has 0 spiro atoms. The van der Waals surface area contributed by atoms with Gasteiger partial charge in [0.25, 0.3) is 0 Å². The molecule has 0 aromatic heterocycles. The normalized spacial score (nSPS) is 12.8. The Morgan fingerprint density at radius 1 is 1.46 bits per heavy atom. The van der Waals surface area contributed by atoms with E-state index in [0.717, 1.165) is 24.8 Å². The largest absolute Gasteiger partial charge is 0.313 e. The third-order valence-electron chi connectivity index (χ3n) is 2.03. The molecule has 13 heavy (non-hydrogen) atoms. The highest BCUT2D eigenvalue weighted by Crippen LogP contribution is 2.13. The standard InChI is InChI=1S/C11H23NS/c1-5-10(3)8-13-9-11(4)7-12-6-2/h10,12H,4-9H2,1-3H3. The van der Waals surface area contributed by atoms with Crippen LogP contribution in [0.5, 0.6) is 0 Å². The SMILES string of the molecule is C=C(CNCC)CSCC(C)CC. The molecule has 0 saturated carbocycles. The molecular weight excluding hydrogens is 178 g/mol. The van der Waals surface area contributed by atoms with Crippen molar-refractivity contribution < 1.29 is 0 Å². The van der Waals surface area contributed by atoms with Gasteiger partial charge in [-0.05, 0) is 18.2 Å². The third kappa shape index (κ3) is 8.38. The number of nitrogens with one attached hydrogen (secondary N) is 1. The summed E-state index contributed by atoms with van der Waals surface area (Å²) in [4.78, 5) is 0. The summed E-state index contributed by atoms with van der Waals surface area (Å²) in [5.74, 6) is 3.22. The molecular formula is C11H23NS. The Bertz CT molecular complexity index is 134. The van der Waals surface area contributed by atoms with Crippen molar-refractivity contribution in [2.24, 2.45) is 5.92 Å². The van der Waals surface area contributed by atoms with Gasteiger partial charge < -0.3 is 5.32 Å². The first-order valence-electron chi connectivity index (χ1n) is 5.15. The maximum atomic E-state index is 4.03. The van der Waals surface area contributed by atoms with Crippen molar-refractivity contribution in [3.05, 3.63) is 12.2 Å². The van der Waals surface area contributed by atoms with E-state index in [1.807, 2.05) is 11.8 Å². The summed E-state index contributed by atoms with van der Waals surface area (Å²) in [6, 6.07) is 0. The van der Waals surface area contributed by atoms with E-state index in [0.29, 0.717) is 0 Å². The van der Waals surface area contributed by atoms with Gasteiger partial charge in [-0.25, -0.2) is 0 Å². The van der Waals surface area contributed by atoms with Gasteiger partial charge in [0.15, 0.2) is 0 Å². The van der Waals surface area contributed by atoms with Crippen molar-refractivity contribution in [3.8, 4) is 0 Å². The van der Waals surface area contributed by atoms with E-state index in [-0.39, 0.29) is 0 Å². The summed E-state index contributed by atoms with van der Waals surface area (Å²) in [5, 5.41) is 3.29. The minimum absolute atomic E-state index is 0.844. The highest BCUT2D eigenvalue weighted by molar-refractivity contribution is 7.99. The molecule has 0 aromatic rings. The number of hydrogen-bond acceptors (Lipinski definition) is 2. The molecule has 0 amide bonds. The summed E-state index contributed by atoms with van der Waals surface area (Å²) in [6.07, 6.45) is 1.28. The van der Waals surface area contributed by atoms with E-state index in [4.69, 9.17) is 0 Å². The van der Waals surface area contributed by atoms with Gasteiger partial charge in [-0.15, -0.1) is 0 Å². The van der Waals surface area contributed by atoms with Crippen LogP contribution in [-0.2, 0) is 0 Å². The van der Waals surface area contributed by atoms with Crippen molar-refractivity contribution in [3.63, 3.8) is 0 Å². The fraction of sp³-hybridized carbons (Fsp3) is 0.818. The molecule has 0 aromatic carbocycles. The van der Waals surface area contributed by atoms with Crippen LogP contribution in [0.1, 0.15) is 27.2 Å². The average Bonchev–Trinajstić information content (AvgIpc) is 2.14. The first-order chi connectivity index (χ1) is 6.20. The van der Waals surface area contributed by atoms with Crippen molar-refractivity contribution in [1.82, 2.24) is 5.32 Å². The molecule has 0 heterocycles. The molecule has 0 rings (SSSR count). The second-order valence-electron chi connectivity index (χ2n) is 3.56. The lowest BCUT2D eigenvalue weighted by Gasteiger charge is -2.09. The fourth-order valence-electron chi connectivity index (χ4n) is 0.875. The average molecular weight is 201 g/mol. The van der Waals surface area contributed by atoms with Gasteiger partial charge in [0.2, 0.25) is 0 Å². The van der Waals surface area contributed by atoms with Crippen LogP contribution in [0.25, 0.3) is 0 Å². The second kappa shape index (κ2) is 8.64. The first-order valence-corrected chi connectivity index (χ1v) is 6.31. The van der Waals surface area contributed by atoms with E-state index >= 15 is 0 Å². The molecule has 0 aliphatic carbocycles. The summed E-state index contributed by atoms with van der Waals surface area (Å²) < 4.78 is 0. The topological polar surface area (TPSA) is 12.0 Å². The number of hydrogen-bond donors (Lipinski definition) is 1. The van der Waals surface area contributed by atoms with Gasteiger partial charge in [0, 0.05) is 12.3 Å². The molecule has 1 nitrogen and oxygen atoms in total. The van der Waals surface area contributed by atoms with Gasteiger partial charge in [0.1, 0.15) is 0 Å². The number of likely N-dealkylation sites (N-methyl/N-ethyl adjacent to an activating group) is 1. The monoisotopic (exact) mass is 201 g/mol. The van der Waals surface area contributed by atoms with Crippen LogP contribution in [0, 0.1) is 5.92 Å². The Balaban J connectivity index is 3.26. The maximum absolute atomic E-state index is 4.03. The van der Waals surface area contributed by atoms with Gasteiger partial charge in [-0.2, -0.15) is 11.8 Å². The fourth-order valence-corrected chi connectivity index (χ4v) is 2.02. The molecule has 1 unspecified atom stereocenters. The van der Waals surface area contributed by atoms with Crippen LogP contribution < -0.4 is 5.32 Å².